The molecule has 1 amide bonds. The lowest BCUT2D eigenvalue weighted by Crippen LogP contribution is -2.28. The molecule has 1 aliphatic rings. The topological polar surface area (TPSA) is 94.6 Å². The Balaban J connectivity index is 2.07. The number of ether oxygens (including phenoxy) is 2. The first-order valence-corrected chi connectivity index (χ1v) is 9.01. The van der Waals surface area contributed by atoms with E-state index in [1.165, 1.54) is 6.92 Å². The Labute approximate surface area is 153 Å². The predicted molar refractivity (Wildman–Crippen MR) is 94.5 cm³/mol. The van der Waals surface area contributed by atoms with Gasteiger partial charge in [0, 0.05) is 13.5 Å². The van der Waals surface area contributed by atoms with E-state index in [1.54, 1.807) is 26.0 Å². The first-order chi connectivity index (χ1) is 12.3. The van der Waals surface area contributed by atoms with Crippen LogP contribution in [0.5, 0.6) is 0 Å². The Morgan fingerprint density at radius 1 is 1.19 bits per heavy atom. The zero-order chi connectivity index (χ0) is 19.3. The van der Waals surface area contributed by atoms with Crippen LogP contribution < -0.4 is 5.32 Å². The number of pyridine rings is 1. The van der Waals surface area contributed by atoms with Gasteiger partial charge in [0.1, 0.15) is 5.69 Å². The van der Waals surface area contributed by atoms with E-state index in [2.05, 4.69) is 10.3 Å². The van der Waals surface area contributed by atoms with Gasteiger partial charge in [-0.15, -0.1) is 0 Å². The second-order valence-electron chi connectivity index (χ2n) is 6.78. The molecule has 1 unspecified atom stereocenters. The number of nitrogens with one attached hydrogen (secondary N) is 1. The average Bonchev–Trinajstić information content (AvgIpc) is 3.43. The minimum atomic E-state index is -1.03. The molecule has 0 spiro atoms. The Morgan fingerprint density at radius 3 is 2.46 bits per heavy atom. The van der Waals surface area contributed by atoms with Crippen LogP contribution in [0.2, 0.25) is 0 Å². The van der Waals surface area contributed by atoms with Crippen LogP contribution >= 0.6 is 0 Å². The van der Waals surface area contributed by atoms with Gasteiger partial charge in [-0.3, -0.25) is 9.59 Å². The van der Waals surface area contributed by atoms with Crippen LogP contribution in [0.3, 0.4) is 0 Å². The van der Waals surface area contributed by atoms with Crippen molar-refractivity contribution in [2.24, 2.45) is 11.8 Å². The van der Waals surface area contributed by atoms with Crippen molar-refractivity contribution in [2.45, 2.75) is 53.2 Å². The highest BCUT2D eigenvalue weighted by Gasteiger charge is 2.24. The predicted octanol–water partition coefficient (Wildman–Crippen LogP) is 2.49. The molecule has 1 aromatic rings. The highest BCUT2D eigenvalue weighted by molar-refractivity contribution is 5.95. The molecule has 142 valence electrons. The van der Waals surface area contributed by atoms with Crippen molar-refractivity contribution in [2.75, 3.05) is 6.54 Å². The van der Waals surface area contributed by atoms with Crippen molar-refractivity contribution in [1.29, 1.82) is 0 Å². The highest BCUT2D eigenvalue weighted by atomic mass is 16.7. The molecule has 1 fully saturated rings. The van der Waals surface area contributed by atoms with Gasteiger partial charge in [-0.1, -0.05) is 26.8 Å². The fourth-order valence-corrected chi connectivity index (χ4v) is 2.26. The lowest BCUT2D eigenvalue weighted by atomic mass is 10.1. The zero-order valence-electron chi connectivity index (χ0n) is 15.7. The smallest absolute Gasteiger partial charge is 0.360 e. The van der Waals surface area contributed by atoms with Crippen molar-refractivity contribution in [3.8, 4) is 0 Å². The molecule has 1 aliphatic carbocycles. The molecule has 0 bridgehead atoms. The molecule has 1 saturated carbocycles. The lowest BCUT2D eigenvalue weighted by molar-refractivity contribution is -0.169. The van der Waals surface area contributed by atoms with Crippen LogP contribution in [0.1, 0.15) is 67.1 Å². The van der Waals surface area contributed by atoms with Gasteiger partial charge in [0.2, 0.25) is 6.29 Å². The summed E-state index contributed by atoms with van der Waals surface area (Å²) in [6.07, 6.45) is 1.79. The van der Waals surface area contributed by atoms with E-state index in [0.29, 0.717) is 24.4 Å². The lowest BCUT2D eigenvalue weighted by Gasteiger charge is -2.16. The summed E-state index contributed by atoms with van der Waals surface area (Å²) < 4.78 is 10.2. The van der Waals surface area contributed by atoms with Crippen LogP contribution in [0.4, 0.5) is 0 Å². The Kier molecular flexibility index (Phi) is 6.71. The van der Waals surface area contributed by atoms with Crippen molar-refractivity contribution < 1.29 is 23.9 Å². The summed E-state index contributed by atoms with van der Waals surface area (Å²) in [5.41, 5.74) is 0.900. The van der Waals surface area contributed by atoms with E-state index in [4.69, 9.17) is 9.47 Å². The van der Waals surface area contributed by atoms with Crippen molar-refractivity contribution in [3.63, 3.8) is 0 Å². The molecular formula is C19H26N2O5. The molecular weight excluding hydrogens is 336 g/mol. The van der Waals surface area contributed by atoms with Gasteiger partial charge in [-0.2, -0.15) is 0 Å². The van der Waals surface area contributed by atoms with Crippen LogP contribution in [-0.2, 0) is 20.7 Å². The van der Waals surface area contributed by atoms with Gasteiger partial charge in [0.05, 0.1) is 5.92 Å². The number of hydrogen-bond acceptors (Lipinski definition) is 6. The van der Waals surface area contributed by atoms with Crippen LogP contribution in [-0.4, -0.2) is 35.7 Å². The maximum atomic E-state index is 12.4. The third-order valence-electron chi connectivity index (χ3n) is 4.06. The molecule has 0 aromatic carbocycles. The van der Waals surface area contributed by atoms with E-state index in [-0.39, 0.29) is 23.2 Å². The Hall–Kier alpha value is -2.44. The maximum absolute atomic E-state index is 12.4. The summed E-state index contributed by atoms with van der Waals surface area (Å²) in [7, 11) is 0. The Morgan fingerprint density at radius 2 is 1.88 bits per heavy atom. The van der Waals surface area contributed by atoms with Crippen LogP contribution in [0.25, 0.3) is 0 Å². The molecule has 1 heterocycles. The summed E-state index contributed by atoms with van der Waals surface area (Å²) in [5, 5.41) is 2.82. The van der Waals surface area contributed by atoms with Crippen molar-refractivity contribution >= 4 is 17.8 Å². The molecule has 1 N–H and O–H groups in total. The van der Waals surface area contributed by atoms with Crippen molar-refractivity contribution in [1.82, 2.24) is 10.3 Å². The fourth-order valence-electron chi connectivity index (χ4n) is 2.26. The monoisotopic (exact) mass is 362 g/mol. The normalized spacial score (nSPS) is 14.7. The number of carbonyl (C=O) groups excluding carboxylic acids is 3. The van der Waals surface area contributed by atoms with Crippen molar-refractivity contribution in [3.05, 3.63) is 29.1 Å². The van der Waals surface area contributed by atoms with Gasteiger partial charge in [0.15, 0.2) is 5.69 Å². The molecule has 7 heteroatoms. The second kappa shape index (κ2) is 8.78. The number of hydrogen-bond donors (Lipinski definition) is 1. The van der Waals surface area contributed by atoms with E-state index in [9.17, 15) is 14.4 Å². The quantitative estimate of drug-likeness (QED) is 0.564. The molecule has 1 aromatic heterocycles. The summed E-state index contributed by atoms with van der Waals surface area (Å²) in [5.74, 6) is -1.26. The van der Waals surface area contributed by atoms with Gasteiger partial charge < -0.3 is 14.8 Å². The average molecular weight is 362 g/mol. The number of aryl methyl sites for hydroxylation is 1. The summed E-state index contributed by atoms with van der Waals surface area (Å²) in [6.45, 7) is 7.35. The minimum Gasteiger partial charge on any atom is -0.425 e. The summed E-state index contributed by atoms with van der Waals surface area (Å²) >= 11 is 0. The molecule has 1 atom stereocenters. The molecule has 0 radical (unpaired) electrons. The number of carbonyl (C=O) groups is 3. The largest absolute Gasteiger partial charge is 0.425 e. The third-order valence-corrected chi connectivity index (χ3v) is 4.06. The Bertz CT molecular complexity index is 683. The van der Waals surface area contributed by atoms with Gasteiger partial charge in [-0.25, -0.2) is 9.78 Å². The molecule has 0 aliphatic heterocycles. The summed E-state index contributed by atoms with van der Waals surface area (Å²) in [6, 6.07) is 3.29. The second-order valence-corrected chi connectivity index (χ2v) is 6.78. The summed E-state index contributed by atoms with van der Waals surface area (Å²) in [4.78, 5) is 40.4. The van der Waals surface area contributed by atoms with Crippen LogP contribution in [0, 0.1) is 11.8 Å². The van der Waals surface area contributed by atoms with E-state index >= 15 is 0 Å². The zero-order valence-corrected chi connectivity index (χ0v) is 15.7. The number of nitrogens with zero attached hydrogens (tertiary/aromatic N) is 1. The molecule has 2 rings (SSSR count). The number of aromatic nitrogens is 1. The molecule has 7 nitrogen and oxygen atoms in total. The number of rotatable bonds is 8. The third kappa shape index (κ3) is 5.54. The molecule has 26 heavy (non-hydrogen) atoms. The van der Waals surface area contributed by atoms with Gasteiger partial charge in [0.25, 0.3) is 5.91 Å². The number of esters is 2. The number of amides is 1. The molecule has 0 saturated heterocycles. The minimum absolute atomic E-state index is 0.0685. The van der Waals surface area contributed by atoms with Gasteiger partial charge in [-0.05, 0) is 36.8 Å². The SMILES string of the molecule is CCc1ccc(C(=O)NCC2CC2)nc1C(=O)OC(C)OC(=O)C(C)C. The first-order valence-electron chi connectivity index (χ1n) is 9.01. The fraction of sp³-hybridized carbons (Fsp3) is 0.579. The highest BCUT2D eigenvalue weighted by Crippen LogP contribution is 2.27. The first kappa shape index (κ1) is 19.9. The van der Waals surface area contributed by atoms with Crippen LogP contribution in [0.15, 0.2) is 12.1 Å². The standard InChI is InChI=1S/C19H26N2O5/c1-5-14-8-9-15(17(22)20-10-13-6-7-13)21-16(14)19(24)26-12(4)25-18(23)11(2)3/h8-9,11-13H,5-7,10H2,1-4H3,(H,20,22). The van der Waals surface area contributed by atoms with E-state index < -0.39 is 18.2 Å². The van der Waals surface area contributed by atoms with E-state index in [0.717, 1.165) is 12.8 Å². The van der Waals surface area contributed by atoms with E-state index in [1.807, 2.05) is 6.92 Å². The van der Waals surface area contributed by atoms with Gasteiger partial charge >= 0.3 is 11.9 Å². The maximum Gasteiger partial charge on any atom is 0.360 e.